The molecule has 23 heavy (non-hydrogen) atoms. The Labute approximate surface area is 134 Å². The molecule has 3 rings (SSSR count). The highest BCUT2D eigenvalue weighted by Crippen LogP contribution is 2.35. The van der Waals surface area contributed by atoms with Gasteiger partial charge in [0.15, 0.2) is 5.01 Å². The van der Waals surface area contributed by atoms with E-state index >= 15 is 0 Å². The fourth-order valence-corrected chi connectivity index (χ4v) is 3.34. The van der Waals surface area contributed by atoms with Crippen LogP contribution < -0.4 is 0 Å². The van der Waals surface area contributed by atoms with Gasteiger partial charge in [0, 0.05) is 11.9 Å². The highest BCUT2D eigenvalue weighted by atomic mass is 32.1. The molecule has 1 N–H and O–H groups in total. The molecular weight excluding hydrogens is 329 g/mol. The average molecular weight is 342 g/mol. The minimum Gasteiger partial charge on any atom is -0.391 e. The summed E-state index contributed by atoms with van der Waals surface area (Å²) in [5, 5.41) is 9.93. The number of nitrogens with zero attached hydrogens (tertiary/aromatic N) is 2. The number of likely N-dealkylation sites (tertiary alicyclic amines) is 1. The van der Waals surface area contributed by atoms with Crippen molar-refractivity contribution in [2.45, 2.75) is 24.7 Å². The minimum atomic E-state index is -4.56. The normalized spacial score (nSPS) is 21.7. The van der Waals surface area contributed by atoms with E-state index in [1.165, 1.54) is 4.90 Å². The van der Waals surface area contributed by atoms with E-state index in [9.17, 15) is 23.1 Å². The number of carbonyl (C=O) groups excluding carboxylic acids is 1. The molecule has 1 saturated heterocycles. The van der Waals surface area contributed by atoms with Gasteiger partial charge in [0.1, 0.15) is 5.69 Å². The highest BCUT2D eigenvalue weighted by molar-refractivity contribution is 7.09. The molecule has 0 aliphatic carbocycles. The first kappa shape index (κ1) is 15.9. The lowest BCUT2D eigenvalue weighted by molar-refractivity contribution is -0.137. The van der Waals surface area contributed by atoms with Crippen molar-refractivity contribution in [3.63, 3.8) is 0 Å². The summed E-state index contributed by atoms with van der Waals surface area (Å²) in [5.74, 6) is -0.595. The van der Waals surface area contributed by atoms with E-state index in [1.54, 1.807) is 0 Å². The predicted octanol–water partition coefficient (Wildman–Crippen LogP) is 3.11. The van der Waals surface area contributed by atoms with Gasteiger partial charge in [0.25, 0.3) is 5.91 Å². The van der Waals surface area contributed by atoms with Crippen molar-refractivity contribution < 1.29 is 23.1 Å². The van der Waals surface area contributed by atoms with Crippen LogP contribution in [0.3, 0.4) is 0 Å². The molecule has 2 aromatic rings. The van der Waals surface area contributed by atoms with Gasteiger partial charge < -0.3 is 10.0 Å². The molecule has 1 fully saturated rings. The van der Waals surface area contributed by atoms with Gasteiger partial charge in [-0.05, 0) is 12.0 Å². The largest absolute Gasteiger partial charge is 0.443 e. The number of rotatable bonds is 2. The fourth-order valence-electron chi connectivity index (χ4n) is 2.68. The molecule has 2 unspecified atom stereocenters. The topological polar surface area (TPSA) is 53.4 Å². The van der Waals surface area contributed by atoms with Gasteiger partial charge in [0.2, 0.25) is 0 Å². The Morgan fingerprint density at radius 1 is 1.30 bits per heavy atom. The first-order valence-corrected chi connectivity index (χ1v) is 7.81. The second-order valence-corrected chi connectivity index (χ2v) is 6.17. The Kier molecular flexibility index (Phi) is 4.11. The van der Waals surface area contributed by atoms with E-state index in [0.29, 0.717) is 17.8 Å². The average Bonchev–Trinajstić information content (AvgIpc) is 3.13. The molecule has 0 radical (unpaired) electrons. The van der Waals surface area contributed by atoms with E-state index in [4.69, 9.17) is 0 Å². The number of aliphatic hydroxyl groups excluding tert-OH is 1. The zero-order valence-corrected chi connectivity index (χ0v) is 12.6. The SMILES string of the molecule is O=C(c1csc(C(F)(F)F)n1)N1CC(O)CC1c1ccccc1. The van der Waals surface area contributed by atoms with Crippen LogP contribution in [0.5, 0.6) is 0 Å². The Morgan fingerprint density at radius 3 is 2.61 bits per heavy atom. The molecule has 2 atom stereocenters. The van der Waals surface area contributed by atoms with Crippen LogP contribution in [0.1, 0.15) is 33.5 Å². The van der Waals surface area contributed by atoms with Gasteiger partial charge in [-0.2, -0.15) is 13.2 Å². The zero-order chi connectivity index (χ0) is 16.6. The molecular formula is C15H13F3N2O2S. The molecule has 1 aromatic heterocycles. The lowest BCUT2D eigenvalue weighted by Crippen LogP contribution is -2.32. The van der Waals surface area contributed by atoms with Crippen LogP contribution in [0.4, 0.5) is 13.2 Å². The summed E-state index contributed by atoms with van der Waals surface area (Å²) in [6, 6.07) is 8.74. The third-order valence-electron chi connectivity index (χ3n) is 3.69. The van der Waals surface area contributed by atoms with Crippen molar-refractivity contribution in [1.82, 2.24) is 9.88 Å². The van der Waals surface area contributed by atoms with Crippen molar-refractivity contribution >= 4 is 17.2 Å². The molecule has 122 valence electrons. The van der Waals surface area contributed by atoms with Gasteiger partial charge >= 0.3 is 6.18 Å². The molecule has 2 heterocycles. The first-order chi connectivity index (χ1) is 10.9. The van der Waals surface area contributed by atoms with Crippen LogP contribution >= 0.6 is 11.3 Å². The van der Waals surface area contributed by atoms with Gasteiger partial charge in [-0.1, -0.05) is 30.3 Å². The standard InChI is InChI=1S/C15H13F3N2O2S/c16-15(17,18)14-19-11(8-23-14)13(22)20-7-10(21)6-12(20)9-4-2-1-3-5-9/h1-5,8,10,12,21H,6-7H2. The second-order valence-electron chi connectivity index (χ2n) is 5.31. The number of benzene rings is 1. The van der Waals surface area contributed by atoms with Gasteiger partial charge in [0.05, 0.1) is 12.1 Å². The first-order valence-electron chi connectivity index (χ1n) is 6.93. The van der Waals surface area contributed by atoms with E-state index < -0.39 is 23.2 Å². The predicted molar refractivity (Wildman–Crippen MR) is 78.0 cm³/mol. The molecule has 0 saturated carbocycles. The third-order valence-corrected chi connectivity index (χ3v) is 4.58. The lowest BCUT2D eigenvalue weighted by atomic mass is 10.0. The number of hydrogen-bond donors (Lipinski definition) is 1. The van der Waals surface area contributed by atoms with Crippen LogP contribution in [0.15, 0.2) is 35.7 Å². The van der Waals surface area contributed by atoms with Crippen molar-refractivity contribution in [3.8, 4) is 0 Å². The summed E-state index contributed by atoms with van der Waals surface area (Å²) in [7, 11) is 0. The lowest BCUT2D eigenvalue weighted by Gasteiger charge is -2.24. The van der Waals surface area contributed by atoms with E-state index in [1.807, 2.05) is 30.3 Å². The second kappa shape index (κ2) is 5.93. The number of carbonyl (C=O) groups is 1. The summed E-state index contributed by atoms with van der Waals surface area (Å²) in [6.45, 7) is 0.0806. The van der Waals surface area contributed by atoms with Crippen LogP contribution in [0.25, 0.3) is 0 Å². The summed E-state index contributed by atoms with van der Waals surface area (Å²) in [5.41, 5.74) is 0.598. The quantitative estimate of drug-likeness (QED) is 0.912. The van der Waals surface area contributed by atoms with Crippen LogP contribution in [-0.4, -0.2) is 33.5 Å². The van der Waals surface area contributed by atoms with Crippen molar-refractivity contribution in [1.29, 1.82) is 0 Å². The van der Waals surface area contributed by atoms with E-state index in [2.05, 4.69) is 4.98 Å². The number of β-amino-alcohol motifs (C(OH)–C–C–N with tert-alkyl or cyclic N) is 1. The van der Waals surface area contributed by atoms with E-state index in [-0.39, 0.29) is 18.3 Å². The van der Waals surface area contributed by atoms with E-state index in [0.717, 1.165) is 10.9 Å². The number of aromatic nitrogens is 1. The number of thiazole rings is 1. The molecule has 8 heteroatoms. The number of hydrogen-bond acceptors (Lipinski definition) is 4. The Balaban J connectivity index is 1.87. The van der Waals surface area contributed by atoms with Crippen molar-refractivity contribution in [2.24, 2.45) is 0 Å². The number of amides is 1. The molecule has 4 nitrogen and oxygen atoms in total. The molecule has 0 bridgehead atoms. The Morgan fingerprint density at radius 2 is 2.00 bits per heavy atom. The number of halogens is 3. The molecule has 1 aromatic carbocycles. The maximum absolute atomic E-state index is 12.6. The number of aliphatic hydroxyl groups is 1. The molecule has 1 aliphatic rings. The monoisotopic (exact) mass is 342 g/mol. The summed E-state index contributed by atoms with van der Waals surface area (Å²) in [6.07, 6.45) is -4.91. The fraction of sp³-hybridized carbons (Fsp3) is 0.333. The van der Waals surface area contributed by atoms with Crippen molar-refractivity contribution in [2.75, 3.05) is 6.54 Å². The number of alkyl halides is 3. The zero-order valence-electron chi connectivity index (χ0n) is 11.8. The Bertz CT molecular complexity index is 702. The smallest absolute Gasteiger partial charge is 0.391 e. The van der Waals surface area contributed by atoms with Gasteiger partial charge in [-0.15, -0.1) is 11.3 Å². The summed E-state index contributed by atoms with van der Waals surface area (Å²) < 4.78 is 37.9. The summed E-state index contributed by atoms with van der Waals surface area (Å²) >= 11 is 0.395. The van der Waals surface area contributed by atoms with Crippen LogP contribution in [0, 0.1) is 0 Å². The Hall–Kier alpha value is -1.93. The van der Waals surface area contributed by atoms with Crippen LogP contribution in [0.2, 0.25) is 0 Å². The minimum absolute atomic E-state index is 0.0806. The molecule has 0 spiro atoms. The highest BCUT2D eigenvalue weighted by Gasteiger charge is 2.39. The van der Waals surface area contributed by atoms with Gasteiger partial charge in [-0.3, -0.25) is 4.79 Å². The molecule has 1 amide bonds. The van der Waals surface area contributed by atoms with Crippen molar-refractivity contribution in [3.05, 3.63) is 52.0 Å². The third kappa shape index (κ3) is 3.23. The summed E-state index contributed by atoms with van der Waals surface area (Å²) in [4.78, 5) is 17.3. The van der Waals surface area contributed by atoms with Gasteiger partial charge in [-0.25, -0.2) is 4.98 Å². The molecule has 1 aliphatic heterocycles. The maximum Gasteiger partial charge on any atom is 0.443 e. The maximum atomic E-state index is 12.6. The van der Waals surface area contributed by atoms with Crippen LogP contribution in [-0.2, 0) is 6.18 Å².